The maximum Gasteiger partial charge on any atom is 0.402 e. The molecule has 2 heterocycles. The number of thiophene rings is 1. The number of carbonyl (C=O) groups is 2. The lowest BCUT2D eigenvalue weighted by Gasteiger charge is -2.24. The summed E-state index contributed by atoms with van der Waals surface area (Å²) in [5.41, 5.74) is 0.275. The van der Waals surface area contributed by atoms with E-state index in [0.29, 0.717) is 19.4 Å². The Hall–Kier alpha value is -2.44. The van der Waals surface area contributed by atoms with Crippen LogP contribution >= 0.6 is 11.3 Å². The first-order chi connectivity index (χ1) is 14.5. The lowest BCUT2D eigenvalue weighted by molar-refractivity contribution is -0.136. The van der Waals surface area contributed by atoms with Crippen molar-refractivity contribution in [2.45, 2.75) is 36.4 Å². The number of rotatable bonds is 7. The van der Waals surface area contributed by atoms with Crippen LogP contribution in [-0.2, 0) is 26.0 Å². The second-order valence-corrected chi connectivity index (χ2v) is 9.75. The minimum Gasteiger partial charge on any atom is -0.330 e. The number of benzene rings is 1. The molecular weight excluding hydrogens is 455 g/mol. The van der Waals surface area contributed by atoms with Crippen molar-refractivity contribution in [3.8, 4) is 0 Å². The number of hydrogen-bond acceptors (Lipinski definition) is 5. The molecule has 1 aromatic heterocycles. The molecular formula is C19H20F3N3O4S2. The summed E-state index contributed by atoms with van der Waals surface area (Å²) in [6, 6.07) is 7.84. The van der Waals surface area contributed by atoms with E-state index in [1.54, 1.807) is 0 Å². The summed E-state index contributed by atoms with van der Waals surface area (Å²) >= 11 is 1.47. The van der Waals surface area contributed by atoms with Crippen LogP contribution in [0.1, 0.15) is 17.7 Å². The van der Waals surface area contributed by atoms with Crippen LogP contribution < -0.4 is 10.0 Å². The van der Waals surface area contributed by atoms with Crippen LogP contribution in [0.5, 0.6) is 0 Å². The van der Waals surface area contributed by atoms with E-state index in [-0.39, 0.29) is 22.9 Å². The maximum absolute atomic E-state index is 12.7. The summed E-state index contributed by atoms with van der Waals surface area (Å²) in [6.45, 7) is -1.20. The molecule has 1 fully saturated rings. The third-order valence-electron chi connectivity index (χ3n) is 4.68. The van der Waals surface area contributed by atoms with Gasteiger partial charge in [0, 0.05) is 17.1 Å². The molecule has 7 nitrogen and oxygen atoms in total. The molecule has 1 aromatic carbocycles. The highest BCUT2D eigenvalue weighted by Gasteiger charge is 2.34. The molecule has 168 valence electrons. The quantitative estimate of drug-likeness (QED) is 0.644. The number of anilines is 1. The van der Waals surface area contributed by atoms with Crippen molar-refractivity contribution in [2.24, 2.45) is 0 Å². The van der Waals surface area contributed by atoms with Crippen LogP contribution in [0.4, 0.5) is 18.9 Å². The monoisotopic (exact) mass is 475 g/mol. The molecule has 0 aliphatic carbocycles. The topological polar surface area (TPSA) is 95.6 Å². The summed E-state index contributed by atoms with van der Waals surface area (Å²) in [6.07, 6.45) is -3.25. The van der Waals surface area contributed by atoms with Crippen LogP contribution in [0, 0.1) is 0 Å². The SMILES string of the molecule is O=C(Nc1ccc(S(=O)(=O)NCC(F)(F)F)cc1)C1CCCN1C(=O)Cc1cccs1. The van der Waals surface area contributed by atoms with Gasteiger partial charge in [-0.15, -0.1) is 11.3 Å². The van der Waals surface area contributed by atoms with Gasteiger partial charge in [0.05, 0.1) is 11.3 Å². The van der Waals surface area contributed by atoms with E-state index in [1.807, 2.05) is 17.5 Å². The first-order valence-electron chi connectivity index (χ1n) is 9.34. The Kier molecular flexibility index (Phi) is 7.02. The van der Waals surface area contributed by atoms with Gasteiger partial charge in [-0.25, -0.2) is 13.1 Å². The summed E-state index contributed by atoms with van der Waals surface area (Å²) in [7, 11) is -4.33. The number of sulfonamides is 1. The zero-order valence-corrected chi connectivity index (χ0v) is 17.8. The molecule has 1 saturated heterocycles. The van der Waals surface area contributed by atoms with E-state index in [4.69, 9.17) is 0 Å². The van der Waals surface area contributed by atoms with E-state index in [0.717, 1.165) is 17.0 Å². The first kappa shape index (κ1) is 23.2. The van der Waals surface area contributed by atoms with Gasteiger partial charge in [-0.3, -0.25) is 9.59 Å². The second-order valence-electron chi connectivity index (χ2n) is 6.95. The highest BCUT2D eigenvalue weighted by molar-refractivity contribution is 7.89. The zero-order valence-electron chi connectivity index (χ0n) is 16.2. The predicted octanol–water partition coefficient (Wildman–Crippen LogP) is 2.76. The van der Waals surface area contributed by atoms with Crippen molar-refractivity contribution in [1.29, 1.82) is 0 Å². The average Bonchev–Trinajstić information content (AvgIpc) is 3.38. The summed E-state index contributed by atoms with van der Waals surface area (Å²) in [4.78, 5) is 27.3. The molecule has 3 rings (SSSR count). The van der Waals surface area contributed by atoms with Gasteiger partial charge in [0.15, 0.2) is 0 Å². The zero-order chi connectivity index (χ0) is 22.6. The van der Waals surface area contributed by atoms with Gasteiger partial charge in [-0.1, -0.05) is 6.07 Å². The Balaban J connectivity index is 1.61. The summed E-state index contributed by atoms with van der Waals surface area (Å²) < 4.78 is 62.1. The van der Waals surface area contributed by atoms with Crippen molar-refractivity contribution >= 4 is 38.9 Å². The number of nitrogens with zero attached hydrogens (tertiary/aromatic N) is 1. The third-order valence-corrected chi connectivity index (χ3v) is 6.97. The van der Waals surface area contributed by atoms with Crippen molar-refractivity contribution in [2.75, 3.05) is 18.4 Å². The number of likely N-dealkylation sites (tertiary alicyclic amines) is 1. The number of halogens is 3. The van der Waals surface area contributed by atoms with Gasteiger partial charge in [-0.2, -0.15) is 13.2 Å². The third kappa shape index (κ3) is 6.28. The fourth-order valence-corrected chi connectivity index (χ4v) is 4.92. The summed E-state index contributed by atoms with van der Waals surface area (Å²) in [5, 5.41) is 4.51. The number of carbonyl (C=O) groups excluding carboxylic acids is 2. The van der Waals surface area contributed by atoms with Crippen molar-refractivity contribution in [3.05, 3.63) is 46.7 Å². The molecule has 0 spiro atoms. The van der Waals surface area contributed by atoms with Gasteiger partial charge < -0.3 is 10.2 Å². The Morgan fingerprint density at radius 2 is 1.87 bits per heavy atom. The lowest BCUT2D eigenvalue weighted by Crippen LogP contribution is -2.43. The standard InChI is InChI=1S/C19H20F3N3O4S2/c20-19(21,22)12-23-31(28,29)15-7-5-13(6-8-15)24-18(27)16-4-1-9-25(16)17(26)11-14-3-2-10-30-14/h2-3,5-8,10,16,23H,1,4,9,11-12H2,(H,24,27). The van der Waals surface area contributed by atoms with Gasteiger partial charge in [0.1, 0.15) is 12.6 Å². The fourth-order valence-electron chi connectivity index (χ4n) is 3.20. The van der Waals surface area contributed by atoms with Crippen LogP contribution in [0.3, 0.4) is 0 Å². The molecule has 1 unspecified atom stereocenters. The van der Waals surface area contributed by atoms with Crippen LogP contribution in [-0.4, -0.2) is 50.4 Å². The second kappa shape index (κ2) is 9.37. The molecule has 31 heavy (non-hydrogen) atoms. The highest BCUT2D eigenvalue weighted by Crippen LogP contribution is 2.22. The van der Waals surface area contributed by atoms with Gasteiger partial charge in [-0.05, 0) is 48.6 Å². The minimum absolute atomic E-state index is 0.141. The largest absolute Gasteiger partial charge is 0.402 e. The van der Waals surface area contributed by atoms with E-state index >= 15 is 0 Å². The van der Waals surface area contributed by atoms with Crippen molar-refractivity contribution in [3.63, 3.8) is 0 Å². The molecule has 2 N–H and O–H groups in total. The molecule has 0 bridgehead atoms. The van der Waals surface area contributed by atoms with Crippen molar-refractivity contribution < 1.29 is 31.2 Å². The molecule has 1 aliphatic rings. The number of hydrogen-bond donors (Lipinski definition) is 2. The van der Waals surface area contributed by atoms with Crippen LogP contribution in [0.25, 0.3) is 0 Å². The Morgan fingerprint density at radius 3 is 2.48 bits per heavy atom. The summed E-state index contributed by atoms with van der Waals surface area (Å²) in [5.74, 6) is -0.542. The van der Waals surface area contributed by atoms with E-state index in [1.165, 1.54) is 33.1 Å². The van der Waals surface area contributed by atoms with Gasteiger partial charge >= 0.3 is 6.18 Å². The van der Waals surface area contributed by atoms with E-state index in [2.05, 4.69) is 5.32 Å². The number of nitrogens with one attached hydrogen (secondary N) is 2. The first-order valence-corrected chi connectivity index (χ1v) is 11.7. The lowest BCUT2D eigenvalue weighted by atomic mass is 10.2. The molecule has 0 saturated carbocycles. The molecule has 2 amide bonds. The number of alkyl halides is 3. The maximum atomic E-state index is 12.7. The highest BCUT2D eigenvalue weighted by atomic mass is 32.2. The van der Waals surface area contributed by atoms with Crippen LogP contribution in [0.15, 0.2) is 46.7 Å². The molecule has 0 radical (unpaired) electrons. The van der Waals surface area contributed by atoms with Crippen LogP contribution in [0.2, 0.25) is 0 Å². The van der Waals surface area contributed by atoms with Crippen molar-refractivity contribution in [1.82, 2.24) is 9.62 Å². The van der Waals surface area contributed by atoms with E-state index < -0.39 is 34.7 Å². The molecule has 2 aromatic rings. The number of amides is 2. The Labute approximate surface area is 181 Å². The molecule has 1 aliphatic heterocycles. The fraction of sp³-hybridized carbons (Fsp3) is 0.368. The van der Waals surface area contributed by atoms with Gasteiger partial charge in [0.2, 0.25) is 21.8 Å². The Morgan fingerprint density at radius 1 is 1.16 bits per heavy atom. The van der Waals surface area contributed by atoms with Gasteiger partial charge in [0.25, 0.3) is 0 Å². The average molecular weight is 476 g/mol. The molecule has 12 heteroatoms. The molecule has 1 atom stereocenters. The predicted molar refractivity (Wildman–Crippen MR) is 109 cm³/mol. The smallest absolute Gasteiger partial charge is 0.330 e. The Bertz CT molecular complexity index is 1020. The minimum atomic E-state index is -4.67. The normalized spacial score (nSPS) is 17.0. The van der Waals surface area contributed by atoms with E-state index in [9.17, 15) is 31.2 Å².